The van der Waals surface area contributed by atoms with Crippen LogP contribution in [0.5, 0.6) is 0 Å². The highest BCUT2D eigenvalue weighted by Crippen LogP contribution is 2.15. The molecule has 1 aromatic carbocycles. The van der Waals surface area contributed by atoms with Gasteiger partial charge in [0.2, 0.25) is 0 Å². The van der Waals surface area contributed by atoms with Crippen LogP contribution in [0.1, 0.15) is 26.7 Å². The average Bonchev–Trinajstić information content (AvgIpc) is 2.86. The lowest BCUT2D eigenvalue weighted by Crippen LogP contribution is -2.10. The van der Waals surface area contributed by atoms with Gasteiger partial charge >= 0.3 is 0 Å². The minimum absolute atomic E-state index is 0.0498. The van der Waals surface area contributed by atoms with Crippen molar-refractivity contribution >= 4 is 22.9 Å². The summed E-state index contributed by atoms with van der Waals surface area (Å²) in [5.41, 5.74) is 1.49. The molecule has 2 N–H and O–H groups in total. The average molecular weight is 286 g/mol. The maximum atomic E-state index is 12.0. The highest BCUT2D eigenvalue weighted by Gasteiger charge is 2.09. The van der Waals surface area contributed by atoms with Crippen LogP contribution in [-0.4, -0.2) is 22.6 Å². The van der Waals surface area contributed by atoms with Crippen molar-refractivity contribution in [2.45, 2.75) is 13.3 Å². The van der Waals surface area contributed by atoms with Gasteiger partial charge in [-0.15, -0.1) is 11.3 Å². The molecule has 20 heavy (non-hydrogen) atoms. The van der Waals surface area contributed by atoms with Crippen molar-refractivity contribution in [1.82, 2.24) is 4.98 Å². The number of carbonyl (C=O) groups excluding carboxylic acids is 1. The van der Waals surface area contributed by atoms with Crippen molar-refractivity contribution in [2.75, 3.05) is 11.9 Å². The van der Waals surface area contributed by atoms with E-state index in [-0.39, 0.29) is 12.5 Å². The Hall–Kier alpha value is -2.16. The van der Waals surface area contributed by atoms with E-state index < -0.39 is 0 Å². The fourth-order valence-corrected chi connectivity index (χ4v) is 2.23. The van der Waals surface area contributed by atoms with E-state index in [1.807, 2.05) is 25.1 Å². The van der Waals surface area contributed by atoms with Crippen LogP contribution in [-0.2, 0) is 0 Å². The molecule has 1 heterocycles. The number of thiazole rings is 1. The SMILES string of the molecule is Cc1ncc(C(=O)Nc2cccc(C#CCCO)c2)s1. The molecule has 0 saturated heterocycles. The Morgan fingerprint density at radius 3 is 3.05 bits per heavy atom. The summed E-state index contributed by atoms with van der Waals surface area (Å²) in [7, 11) is 0. The molecule has 0 radical (unpaired) electrons. The number of aromatic nitrogens is 1. The number of nitrogens with zero attached hydrogens (tertiary/aromatic N) is 1. The zero-order valence-electron chi connectivity index (χ0n) is 11.0. The lowest BCUT2D eigenvalue weighted by molar-refractivity contribution is 0.103. The summed E-state index contributed by atoms with van der Waals surface area (Å²) in [5, 5.41) is 12.4. The van der Waals surface area contributed by atoms with E-state index in [1.54, 1.807) is 12.3 Å². The van der Waals surface area contributed by atoms with Gasteiger partial charge < -0.3 is 10.4 Å². The molecule has 1 amide bonds. The summed E-state index contributed by atoms with van der Waals surface area (Å²) in [6, 6.07) is 7.30. The molecule has 1 aromatic heterocycles. The highest BCUT2D eigenvalue weighted by molar-refractivity contribution is 7.13. The van der Waals surface area contributed by atoms with Crippen LogP contribution >= 0.6 is 11.3 Å². The van der Waals surface area contributed by atoms with Crippen molar-refractivity contribution < 1.29 is 9.90 Å². The Balaban J connectivity index is 2.08. The standard InChI is InChI=1S/C15H14N2O2S/c1-11-16-10-14(20-11)15(19)17-13-7-4-6-12(9-13)5-2-3-8-18/h4,6-7,9-10,18H,3,8H2,1H3,(H,17,19). The van der Waals surface area contributed by atoms with Gasteiger partial charge in [0.25, 0.3) is 5.91 Å². The Morgan fingerprint density at radius 2 is 2.35 bits per heavy atom. The van der Waals surface area contributed by atoms with Gasteiger partial charge in [-0.1, -0.05) is 17.9 Å². The van der Waals surface area contributed by atoms with Gasteiger partial charge in [0.05, 0.1) is 17.8 Å². The van der Waals surface area contributed by atoms with E-state index in [9.17, 15) is 4.79 Å². The van der Waals surface area contributed by atoms with Crippen molar-refractivity contribution in [3.8, 4) is 11.8 Å². The third-order valence-electron chi connectivity index (χ3n) is 2.44. The van der Waals surface area contributed by atoms with Gasteiger partial charge in [0.15, 0.2) is 0 Å². The largest absolute Gasteiger partial charge is 0.395 e. The summed E-state index contributed by atoms with van der Waals surface area (Å²) < 4.78 is 0. The highest BCUT2D eigenvalue weighted by atomic mass is 32.1. The van der Waals surface area contributed by atoms with Crippen LogP contribution in [0, 0.1) is 18.8 Å². The van der Waals surface area contributed by atoms with Crippen LogP contribution < -0.4 is 5.32 Å². The van der Waals surface area contributed by atoms with E-state index in [0.717, 1.165) is 10.6 Å². The molecule has 0 saturated carbocycles. The zero-order valence-corrected chi connectivity index (χ0v) is 11.8. The van der Waals surface area contributed by atoms with Crippen molar-refractivity contribution in [3.63, 3.8) is 0 Å². The Morgan fingerprint density at radius 1 is 1.50 bits per heavy atom. The number of aliphatic hydroxyl groups excluding tert-OH is 1. The van der Waals surface area contributed by atoms with Crippen LogP contribution in [0.2, 0.25) is 0 Å². The second kappa shape index (κ2) is 6.85. The maximum Gasteiger partial charge on any atom is 0.267 e. The number of aryl methyl sites for hydroxylation is 1. The van der Waals surface area contributed by atoms with Gasteiger partial charge in [-0.25, -0.2) is 4.98 Å². The fourth-order valence-electron chi connectivity index (χ4n) is 1.55. The number of benzene rings is 1. The third kappa shape index (κ3) is 3.92. The second-order valence-electron chi connectivity index (χ2n) is 4.05. The molecule has 0 aliphatic carbocycles. The molecule has 0 aliphatic rings. The number of hydrogen-bond acceptors (Lipinski definition) is 4. The topological polar surface area (TPSA) is 62.2 Å². The number of anilines is 1. The first-order valence-electron chi connectivity index (χ1n) is 6.12. The first-order chi connectivity index (χ1) is 9.69. The van der Waals surface area contributed by atoms with Gasteiger partial charge in [-0.05, 0) is 25.1 Å². The van der Waals surface area contributed by atoms with Crippen LogP contribution in [0.3, 0.4) is 0 Å². The number of aliphatic hydroxyl groups is 1. The molecule has 5 heteroatoms. The number of hydrogen-bond donors (Lipinski definition) is 2. The van der Waals surface area contributed by atoms with Crippen LogP contribution in [0.25, 0.3) is 0 Å². The van der Waals surface area contributed by atoms with Crippen molar-refractivity contribution in [3.05, 3.63) is 45.9 Å². The van der Waals surface area contributed by atoms with Gasteiger partial charge in [0.1, 0.15) is 4.88 Å². The van der Waals surface area contributed by atoms with E-state index in [2.05, 4.69) is 22.1 Å². The first-order valence-corrected chi connectivity index (χ1v) is 6.94. The summed E-state index contributed by atoms with van der Waals surface area (Å²) in [6.45, 7) is 1.91. The fraction of sp³-hybridized carbons (Fsp3) is 0.200. The quantitative estimate of drug-likeness (QED) is 0.852. The van der Waals surface area contributed by atoms with E-state index in [0.29, 0.717) is 17.0 Å². The van der Waals surface area contributed by atoms with Crippen molar-refractivity contribution in [2.24, 2.45) is 0 Å². The molecule has 0 aliphatic heterocycles. The number of rotatable bonds is 3. The Kier molecular flexibility index (Phi) is 4.88. The molecular weight excluding hydrogens is 272 g/mol. The molecule has 102 valence electrons. The molecule has 0 unspecified atom stereocenters. The molecule has 2 aromatic rings. The summed E-state index contributed by atoms with van der Waals surface area (Å²) in [4.78, 5) is 16.6. The summed E-state index contributed by atoms with van der Waals surface area (Å²) in [6.07, 6.45) is 2.01. The molecule has 0 atom stereocenters. The molecule has 2 rings (SSSR count). The normalized spacial score (nSPS) is 9.70. The van der Waals surface area contributed by atoms with Crippen LogP contribution in [0.4, 0.5) is 5.69 Å². The molecule has 0 spiro atoms. The van der Waals surface area contributed by atoms with Gasteiger partial charge in [0, 0.05) is 17.7 Å². The molecule has 4 nitrogen and oxygen atoms in total. The monoisotopic (exact) mass is 286 g/mol. The predicted molar refractivity (Wildman–Crippen MR) is 79.8 cm³/mol. The summed E-state index contributed by atoms with van der Waals surface area (Å²) in [5.74, 6) is 5.61. The lowest BCUT2D eigenvalue weighted by atomic mass is 10.2. The molecule has 0 bridgehead atoms. The second-order valence-corrected chi connectivity index (χ2v) is 5.29. The Bertz CT molecular complexity index is 668. The molecular formula is C15H14N2O2S. The van der Waals surface area contributed by atoms with Gasteiger partial charge in [-0.3, -0.25) is 4.79 Å². The summed E-state index contributed by atoms with van der Waals surface area (Å²) >= 11 is 1.36. The Labute approximate surface area is 121 Å². The number of nitrogens with one attached hydrogen (secondary N) is 1. The zero-order chi connectivity index (χ0) is 14.4. The van der Waals surface area contributed by atoms with E-state index in [4.69, 9.17) is 5.11 Å². The lowest BCUT2D eigenvalue weighted by Gasteiger charge is -2.03. The first kappa shape index (κ1) is 14.3. The number of carbonyl (C=O) groups is 1. The van der Waals surface area contributed by atoms with Gasteiger partial charge in [-0.2, -0.15) is 0 Å². The van der Waals surface area contributed by atoms with Crippen LogP contribution in [0.15, 0.2) is 30.5 Å². The van der Waals surface area contributed by atoms with Crippen molar-refractivity contribution in [1.29, 1.82) is 0 Å². The van der Waals surface area contributed by atoms with E-state index in [1.165, 1.54) is 11.3 Å². The smallest absolute Gasteiger partial charge is 0.267 e. The molecule has 0 fully saturated rings. The number of amides is 1. The minimum atomic E-state index is -0.170. The third-order valence-corrected chi connectivity index (χ3v) is 3.35. The van der Waals surface area contributed by atoms with E-state index >= 15 is 0 Å². The predicted octanol–water partition coefficient (Wildman–Crippen LogP) is 2.44. The maximum absolute atomic E-state index is 12.0. The minimum Gasteiger partial charge on any atom is -0.395 e.